The highest BCUT2D eigenvalue weighted by Crippen LogP contribution is 2.17. The molecule has 0 amide bonds. The summed E-state index contributed by atoms with van der Waals surface area (Å²) < 4.78 is 16.9. The van der Waals surface area contributed by atoms with E-state index in [1.165, 1.54) is 154 Å². The Balaban J connectivity index is 4.18. The molecular weight excluding hydrogens is 997 g/mol. The monoisotopic (exact) mass is 1120 g/mol. The van der Waals surface area contributed by atoms with Gasteiger partial charge in [0.25, 0.3) is 0 Å². The quantitative estimate of drug-likeness (QED) is 0.0261. The maximum absolute atomic E-state index is 12.9. The lowest BCUT2D eigenvalue weighted by Crippen LogP contribution is -2.30. The van der Waals surface area contributed by atoms with Crippen LogP contribution in [0.1, 0.15) is 316 Å². The van der Waals surface area contributed by atoms with Crippen molar-refractivity contribution in [3.63, 3.8) is 0 Å². The van der Waals surface area contributed by atoms with E-state index in [1.54, 1.807) is 0 Å². The first-order chi connectivity index (χ1) is 40.0. The second kappa shape index (κ2) is 68.3. The van der Waals surface area contributed by atoms with Crippen LogP contribution in [0, 0.1) is 0 Å². The maximum Gasteiger partial charge on any atom is 0.306 e. The zero-order valence-corrected chi connectivity index (χ0v) is 53.0. The van der Waals surface area contributed by atoms with Gasteiger partial charge in [0, 0.05) is 19.3 Å². The topological polar surface area (TPSA) is 78.9 Å². The molecule has 0 saturated heterocycles. The molecular formula is C75H126O6. The van der Waals surface area contributed by atoms with Gasteiger partial charge in [-0.15, -0.1) is 0 Å². The highest BCUT2D eigenvalue weighted by molar-refractivity contribution is 5.71. The number of unbranched alkanes of at least 4 members (excludes halogenated alkanes) is 30. The zero-order chi connectivity index (χ0) is 58.5. The Morgan fingerprint density at radius 1 is 0.259 bits per heavy atom. The summed E-state index contributed by atoms with van der Waals surface area (Å²) in [6.45, 7) is 6.41. The standard InChI is InChI=1S/C75H126O6/c1-4-7-10-13-16-19-21-23-25-27-29-31-33-34-35-36-37-38-39-40-42-43-45-47-49-51-53-56-59-62-65-68-74(77)80-71-72(70-79-73(76)67-64-61-58-55-18-15-12-9-6-3)81-75(78)69-66-63-60-57-54-52-50-48-46-44-41-32-30-28-26-24-22-20-17-14-11-8-5-2/h7-8,10-11,16-17,19-20,23-26,29-32,34-35,37-38,72H,4-6,9,12-15,18,21-22,27-28,33,36,39-71H2,1-3H3/b10-7-,11-8-,19-16-,20-17-,25-23-,26-24-,31-29-,32-30-,35-34-,38-37-. The van der Waals surface area contributed by atoms with E-state index in [4.69, 9.17) is 14.2 Å². The third-order valence-electron chi connectivity index (χ3n) is 14.5. The van der Waals surface area contributed by atoms with Crippen molar-refractivity contribution in [2.45, 2.75) is 322 Å². The molecule has 0 bridgehead atoms. The highest BCUT2D eigenvalue weighted by Gasteiger charge is 2.19. The van der Waals surface area contributed by atoms with Crippen molar-refractivity contribution in [1.29, 1.82) is 0 Å². The molecule has 0 aliphatic carbocycles. The van der Waals surface area contributed by atoms with Gasteiger partial charge >= 0.3 is 17.9 Å². The van der Waals surface area contributed by atoms with Crippen molar-refractivity contribution >= 4 is 17.9 Å². The summed E-state index contributed by atoms with van der Waals surface area (Å²) in [4.78, 5) is 38.3. The van der Waals surface area contributed by atoms with Crippen LogP contribution in [-0.2, 0) is 28.6 Å². The normalized spacial score (nSPS) is 12.9. The highest BCUT2D eigenvalue weighted by atomic mass is 16.6. The average Bonchev–Trinajstić information content (AvgIpc) is 3.47. The van der Waals surface area contributed by atoms with Gasteiger partial charge in [0.1, 0.15) is 13.2 Å². The summed E-state index contributed by atoms with van der Waals surface area (Å²) in [5, 5.41) is 0. The van der Waals surface area contributed by atoms with Crippen molar-refractivity contribution in [2.75, 3.05) is 13.2 Å². The Bertz CT molecular complexity index is 1670. The van der Waals surface area contributed by atoms with Gasteiger partial charge in [0.05, 0.1) is 0 Å². The smallest absolute Gasteiger partial charge is 0.306 e. The minimum absolute atomic E-state index is 0.0786. The van der Waals surface area contributed by atoms with Gasteiger partial charge < -0.3 is 14.2 Å². The van der Waals surface area contributed by atoms with Crippen molar-refractivity contribution in [3.05, 3.63) is 122 Å². The van der Waals surface area contributed by atoms with Crippen LogP contribution in [-0.4, -0.2) is 37.2 Å². The molecule has 0 rings (SSSR count). The fourth-order valence-corrected chi connectivity index (χ4v) is 9.44. The summed E-state index contributed by atoms with van der Waals surface area (Å²) in [5.41, 5.74) is 0. The van der Waals surface area contributed by atoms with E-state index >= 15 is 0 Å². The SMILES string of the molecule is CC/C=C\C/C=C\C/C=C\C/C=C\C/C=C\C/C=C\CCCCCCCCCCCCCCC(=O)OCC(COC(=O)CCCCCCCCCCC)OC(=O)CCCCCCCCCCCC/C=C\C/C=C\C/C=C\C/C=C\CC. The minimum Gasteiger partial charge on any atom is -0.462 e. The summed E-state index contributed by atoms with van der Waals surface area (Å²) in [6, 6.07) is 0. The predicted octanol–water partition coefficient (Wildman–Crippen LogP) is 23.6. The molecule has 6 nitrogen and oxygen atoms in total. The molecule has 0 saturated carbocycles. The molecule has 0 radical (unpaired) electrons. The van der Waals surface area contributed by atoms with Crippen molar-refractivity contribution in [3.8, 4) is 0 Å². The number of carbonyl (C=O) groups is 3. The first kappa shape index (κ1) is 76.8. The minimum atomic E-state index is -0.782. The molecule has 0 aromatic rings. The number of carbonyl (C=O) groups excluding carboxylic acids is 3. The Kier molecular flexibility index (Phi) is 64.8. The van der Waals surface area contributed by atoms with Gasteiger partial charge in [-0.05, 0) is 109 Å². The van der Waals surface area contributed by atoms with Gasteiger partial charge in [-0.25, -0.2) is 0 Å². The molecule has 462 valence electrons. The van der Waals surface area contributed by atoms with E-state index in [1.807, 2.05) is 0 Å². The lowest BCUT2D eigenvalue weighted by atomic mass is 10.0. The molecule has 0 aliphatic rings. The summed E-state index contributed by atoms with van der Waals surface area (Å²) in [7, 11) is 0. The van der Waals surface area contributed by atoms with E-state index in [2.05, 4.69) is 142 Å². The van der Waals surface area contributed by atoms with E-state index in [0.717, 1.165) is 122 Å². The zero-order valence-electron chi connectivity index (χ0n) is 53.0. The summed E-state index contributed by atoms with van der Waals surface area (Å²) in [5.74, 6) is -0.879. The largest absolute Gasteiger partial charge is 0.462 e. The molecule has 0 N–H and O–H groups in total. The third kappa shape index (κ3) is 66.5. The van der Waals surface area contributed by atoms with Crippen LogP contribution < -0.4 is 0 Å². The Labute approximate surface area is 501 Å². The van der Waals surface area contributed by atoms with E-state index in [0.29, 0.717) is 19.3 Å². The lowest BCUT2D eigenvalue weighted by molar-refractivity contribution is -0.167. The van der Waals surface area contributed by atoms with Crippen LogP contribution in [0.25, 0.3) is 0 Å². The van der Waals surface area contributed by atoms with Gasteiger partial charge in [-0.1, -0.05) is 309 Å². The van der Waals surface area contributed by atoms with Crippen LogP contribution >= 0.6 is 0 Å². The van der Waals surface area contributed by atoms with Gasteiger partial charge in [0.2, 0.25) is 0 Å². The molecule has 0 aromatic heterocycles. The molecule has 1 unspecified atom stereocenters. The number of allylic oxidation sites excluding steroid dienone is 20. The van der Waals surface area contributed by atoms with Crippen molar-refractivity contribution in [1.82, 2.24) is 0 Å². The van der Waals surface area contributed by atoms with Gasteiger partial charge in [0.15, 0.2) is 6.10 Å². The molecule has 0 aromatic carbocycles. The Hall–Kier alpha value is -4.19. The average molecular weight is 1120 g/mol. The number of esters is 3. The van der Waals surface area contributed by atoms with Crippen LogP contribution in [0.2, 0.25) is 0 Å². The van der Waals surface area contributed by atoms with Crippen LogP contribution in [0.3, 0.4) is 0 Å². The van der Waals surface area contributed by atoms with Crippen LogP contribution in [0.15, 0.2) is 122 Å². The third-order valence-corrected chi connectivity index (χ3v) is 14.5. The predicted molar refractivity (Wildman–Crippen MR) is 353 cm³/mol. The van der Waals surface area contributed by atoms with Gasteiger partial charge in [-0.3, -0.25) is 14.4 Å². The van der Waals surface area contributed by atoms with Crippen molar-refractivity contribution < 1.29 is 28.6 Å². The van der Waals surface area contributed by atoms with E-state index in [9.17, 15) is 14.4 Å². The first-order valence-electron chi connectivity index (χ1n) is 34.0. The molecule has 0 aliphatic heterocycles. The van der Waals surface area contributed by atoms with E-state index in [-0.39, 0.29) is 31.1 Å². The number of ether oxygens (including phenoxy) is 3. The first-order valence-corrected chi connectivity index (χ1v) is 34.0. The van der Waals surface area contributed by atoms with Crippen LogP contribution in [0.5, 0.6) is 0 Å². The van der Waals surface area contributed by atoms with E-state index < -0.39 is 6.10 Å². The van der Waals surface area contributed by atoms with Crippen LogP contribution in [0.4, 0.5) is 0 Å². The Morgan fingerprint density at radius 3 is 0.753 bits per heavy atom. The Morgan fingerprint density at radius 2 is 0.481 bits per heavy atom. The summed E-state index contributed by atoms with van der Waals surface area (Å²) >= 11 is 0. The summed E-state index contributed by atoms with van der Waals surface area (Å²) in [6.07, 6.45) is 95.1. The maximum atomic E-state index is 12.9. The fourth-order valence-electron chi connectivity index (χ4n) is 9.44. The molecule has 1 atom stereocenters. The number of rotatable bonds is 61. The second-order valence-electron chi connectivity index (χ2n) is 22.3. The number of hydrogen-bond acceptors (Lipinski definition) is 6. The number of hydrogen-bond donors (Lipinski definition) is 0. The molecule has 0 fully saturated rings. The molecule has 0 spiro atoms. The lowest BCUT2D eigenvalue weighted by Gasteiger charge is -2.18. The molecule has 6 heteroatoms. The second-order valence-corrected chi connectivity index (χ2v) is 22.3. The van der Waals surface area contributed by atoms with Crippen molar-refractivity contribution in [2.24, 2.45) is 0 Å². The fraction of sp³-hybridized carbons (Fsp3) is 0.693. The molecule has 0 heterocycles. The molecule has 81 heavy (non-hydrogen) atoms. The van der Waals surface area contributed by atoms with Gasteiger partial charge in [-0.2, -0.15) is 0 Å².